The van der Waals surface area contributed by atoms with Gasteiger partial charge >= 0.3 is 5.97 Å². The molecule has 29 heavy (non-hydrogen) atoms. The first-order valence-electron chi connectivity index (χ1n) is 9.61. The van der Waals surface area contributed by atoms with Gasteiger partial charge in [-0.3, -0.25) is 14.4 Å². The predicted octanol–water partition coefficient (Wildman–Crippen LogP) is 2.12. The number of hydrogen-bond donors (Lipinski definition) is 1. The molecule has 0 saturated heterocycles. The average Bonchev–Trinajstić information content (AvgIpc) is 2.68. The zero-order chi connectivity index (χ0) is 22.0. The third-order valence-corrected chi connectivity index (χ3v) is 3.92. The first-order chi connectivity index (χ1) is 13.7. The number of nitrogens with zero attached hydrogens (tertiary/aromatic N) is 1. The largest absolute Gasteiger partial charge is 0.493 e. The van der Waals surface area contributed by atoms with Crippen molar-refractivity contribution < 1.29 is 28.6 Å². The van der Waals surface area contributed by atoms with E-state index in [2.05, 4.69) is 5.32 Å². The number of benzene rings is 1. The number of carbonyl (C=O) groups is 3. The van der Waals surface area contributed by atoms with Crippen LogP contribution in [-0.2, 0) is 14.3 Å². The Bertz CT molecular complexity index is 692. The molecule has 0 saturated carbocycles. The molecule has 2 amide bonds. The van der Waals surface area contributed by atoms with E-state index in [0.717, 1.165) is 0 Å². The van der Waals surface area contributed by atoms with Crippen molar-refractivity contribution >= 4 is 17.8 Å². The number of ether oxygens (including phenoxy) is 3. The van der Waals surface area contributed by atoms with E-state index in [1.54, 1.807) is 17.0 Å². The number of hydrogen-bond acceptors (Lipinski definition) is 6. The van der Waals surface area contributed by atoms with Crippen LogP contribution in [0.4, 0.5) is 0 Å². The first kappa shape index (κ1) is 24.3. The minimum absolute atomic E-state index is 0.244. The van der Waals surface area contributed by atoms with Crippen molar-refractivity contribution in [3.05, 3.63) is 23.8 Å². The lowest BCUT2D eigenvalue weighted by Gasteiger charge is -2.26. The van der Waals surface area contributed by atoms with E-state index in [4.69, 9.17) is 14.2 Å². The Labute approximate surface area is 172 Å². The molecule has 1 aromatic rings. The van der Waals surface area contributed by atoms with Crippen molar-refractivity contribution in [3.63, 3.8) is 0 Å². The fourth-order valence-corrected chi connectivity index (χ4v) is 2.68. The summed E-state index contributed by atoms with van der Waals surface area (Å²) < 4.78 is 15.3. The van der Waals surface area contributed by atoms with Crippen LogP contribution in [0.2, 0.25) is 0 Å². The highest BCUT2D eigenvalue weighted by atomic mass is 16.5. The summed E-state index contributed by atoms with van der Waals surface area (Å²) in [6, 6.07) is 4.67. The maximum Gasteiger partial charge on any atom is 0.325 e. The Kier molecular flexibility index (Phi) is 9.99. The van der Waals surface area contributed by atoms with Gasteiger partial charge in [0.25, 0.3) is 11.8 Å². The van der Waals surface area contributed by atoms with Gasteiger partial charge in [-0.1, -0.05) is 27.7 Å². The Morgan fingerprint density at radius 2 is 1.55 bits per heavy atom. The quantitative estimate of drug-likeness (QED) is 0.564. The summed E-state index contributed by atoms with van der Waals surface area (Å²) in [4.78, 5) is 38.2. The number of esters is 1. The van der Waals surface area contributed by atoms with Crippen molar-refractivity contribution in [2.45, 2.75) is 27.7 Å². The van der Waals surface area contributed by atoms with Crippen LogP contribution >= 0.6 is 0 Å². The predicted molar refractivity (Wildman–Crippen MR) is 109 cm³/mol. The summed E-state index contributed by atoms with van der Waals surface area (Å²) in [5, 5.41) is 2.47. The molecule has 0 aliphatic heterocycles. The third kappa shape index (κ3) is 8.41. The molecule has 1 aromatic carbocycles. The van der Waals surface area contributed by atoms with Crippen LogP contribution in [0.5, 0.6) is 11.5 Å². The van der Waals surface area contributed by atoms with Crippen LogP contribution in [0.25, 0.3) is 0 Å². The fraction of sp³-hybridized carbons (Fsp3) is 0.571. The van der Waals surface area contributed by atoms with Crippen molar-refractivity contribution in [2.75, 3.05) is 40.5 Å². The van der Waals surface area contributed by atoms with Gasteiger partial charge in [0.1, 0.15) is 6.54 Å². The van der Waals surface area contributed by atoms with E-state index in [0.29, 0.717) is 42.0 Å². The minimum Gasteiger partial charge on any atom is -0.493 e. The molecule has 0 spiro atoms. The zero-order valence-electron chi connectivity index (χ0n) is 18.1. The van der Waals surface area contributed by atoms with Gasteiger partial charge in [-0.15, -0.1) is 0 Å². The topological polar surface area (TPSA) is 94.2 Å². The van der Waals surface area contributed by atoms with E-state index < -0.39 is 11.9 Å². The van der Waals surface area contributed by atoms with Gasteiger partial charge in [-0.25, -0.2) is 0 Å². The molecule has 0 bridgehead atoms. The van der Waals surface area contributed by atoms with Gasteiger partial charge in [-0.05, 0) is 30.0 Å². The number of amides is 2. The van der Waals surface area contributed by atoms with E-state index in [9.17, 15) is 14.4 Å². The third-order valence-electron chi connectivity index (χ3n) is 3.92. The SMILES string of the molecule is COc1ccc(C(=O)NCC(=O)OCC(=O)N(CC(C)C)CC(C)C)cc1OC. The van der Waals surface area contributed by atoms with Gasteiger partial charge < -0.3 is 24.4 Å². The first-order valence-corrected chi connectivity index (χ1v) is 9.61. The average molecular weight is 408 g/mol. The molecule has 162 valence electrons. The molecule has 0 heterocycles. The zero-order valence-corrected chi connectivity index (χ0v) is 18.1. The van der Waals surface area contributed by atoms with Crippen LogP contribution in [0.1, 0.15) is 38.1 Å². The lowest BCUT2D eigenvalue weighted by atomic mass is 10.1. The standard InChI is InChI=1S/C21H32N2O6/c1-14(2)11-23(12-15(3)4)19(24)13-29-20(25)10-22-21(26)16-7-8-17(27-5)18(9-16)28-6/h7-9,14-15H,10-13H2,1-6H3,(H,22,26). The maximum atomic E-state index is 12.3. The molecule has 1 N–H and O–H groups in total. The monoisotopic (exact) mass is 408 g/mol. The highest BCUT2D eigenvalue weighted by Crippen LogP contribution is 2.27. The van der Waals surface area contributed by atoms with Crippen LogP contribution in [-0.4, -0.2) is 63.1 Å². The summed E-state index contributed by atoms with van der Waals surface area (Å²) in [5.74, 6) is 0.144. The second-order valence-corrected chi connectivity index (χ2v) is 7.50. The Hall–Kier alpha value is -2.77. The highest BCUT2D eigenvalue weighted by Gasteiger charge is 2.18. The van der Waals surface area contributed by atoms with Crippen molar-refractivity contribution in [1.29, 1.82) is 0 Å². The van der Waals surface area contributed by atoms with Crippen LogP contribution < -0.4 is 14.8 Å². The fourth-order valence-electron chi connectivity index (χ4n) is 2.68. The number of carbonyl (C=O) groups excluding carboxylic acids is 3. The van der Waals surface area contributed by atoms with Crippen LogP contribution in [0.3, 0.4) is 0 Å². The maximum absolute atomic E-state index is 12.3. The minimum atomic E-state index is -0.679. The van der Waals surface area contributed by atoms with Crippen molar-refractivity contribution in [3.8, 4) is 11.5 Å². The number of rotatable bonds is 11. The molecule has 8 nitrogen and oxygen atoms in total. The van der Waals surface area contributed by atoms with E-state index in [1.165, 1.54) is 20.3 Å². The van der Waals surface area contributed by atoms with Gasteiger partial charge in [0, 0.05) is 18.7 Å². The molecular formula is C21H32N2O6. The molecular weight excluding hydrogens is 376 g/mol. The molecule has 0 radical (unpaired) electrons. The normalized spacial score (nSPS) is 10.6. The number of nitrogens with one attached hydrogen (secondary N) is 1. The van der Waals surface area contributed by atoms with Crippen LogP contribution in [0, 0.1) is 11.8 Å². The van der Waals surface area contributed by atoms with Gasteiger partial charge in [0.15, 0.2) is 18.1 Å². The smallest absolute Gasteiger partial charge is 0.325 e. The Balaban J connectivity index is 2.54. The second kappa shape index (κ2) is 11.9. The summed E-state index contributed by atoms with van der Waals surface area (Å²) in [5.41, 5.74) is 0.312. The summed E-state index contributed by atoms with van der Waals surface area (Å²) >= 11 is 0. The second-order valence-electron chi connectivity index (χ2n) is 7.50. The Morgan fingerprint density at radius 3 is 2.07 bits per heavy atom. The van der Waals surface area contributed by atoms with Gasteiger partial charge in [0.05, 0.1) is 14.2 Å². The molecule has 0 aliphatic rings. The lowest BCUT2D eigenvalue weighted by Crippen LogP contribution is -2.40. The summed E-state index contributed by atoms with van der Waals surface area (Å²) in [7, 11) is 2.97. The molecule has 0 aromatic heterocycles. The van der Waals surface area contributed by atoms with E-state index >= 15 is 0 Å². The van der Waals surface area contributed by atoms with Gasteiger partial charge in [-0.2, -0.15) is 0 Å². The molecule has 0 atom stereocenters. The van der Waals surface area contributed by atoms with Crippen molar-refractivity contribution in [1.82, 2.24) is 10.2 Å². The summed E-state index contributed by atoms with van der Waals surface area (Å²) in [6.45, 7) is 8.62. The van der Waals surface area contributed by atoms with Crippen LogP contribution in [0.15, 0.2) is 18.2 Å². The number of methoxy groups -OCH3 is 2. The molecule has 0 aliphatic carbocycles. The van der Waals surface area contributed by atoms with E-state index in [-0.39, 0.29) is 19.1 Å². The van der Waals surface area contributed by atoms with E-state index in [1.807, 2.05) is 27.7 Å². The van der Waals surface area contributed by atoms with Gasteiger partial charge in [0.2, 0.25) is 0 Å². The van der Waals surface area contributed by atoms with Crippen molar-refractivity contribution in [2.24, 2.45) is 11.8 Å². The molecule has 8 heteroatoms. The molecule has 0 fully saturated rings. The lowest BCUT2D eigenvalue weighted by molar-refractivity contribution is -0.151. The summed E-state index contributed by atoms with van der Waals surface area (Å²) in [6.07, 6.45) is 0. The molecule has 1 rings (SSSR count). The molecule has 0 unspecified atom stereocenters. The Morgan fingerprint density at radius 1 is 0.966 bits per heavy atom. The highest BCUT2D eigenvalue weighted by molar-refractivity contribution is 5.96.